The minimum Gasteiger partial charge on any atom is -0.395 e. The molecule has 1 heterocycles. The minimum atomic E-state index is -1.86. The molecule has 0 aromatic carbocycles. The van der Waals surface area contributed by atoms with Gasteiger partial charge in [-0.25, -0.2) is 4.99 Å². The second-order valence-electron chi connectivity index (χ2n) is 6.12. The zero-order valence-electron chi connectivity index (χ0n) is 12.3. The molecule has 0 N–H and O–H groups in total. The Morgan fingerprint density at radius 2 is 2.16 bits per heavy atom. The van der Waals surface area contributed by atoms with Crippen molar-refractivity contribution in [2.24, 2.45) is 4.99 Å². The Morgan fingerprint density at radius 3 is 2.63 bits per heavy atom. The molecule has 0 aliphatic rings. The number of isothiocyanates is 1. The van der Waals surface area contributed by atoms with E-state index < -0.39 is 8.32 Å². The lowest BCUT2D eigenvalue weighted by atomic mass is 10.2. The average molecular weight is 294 g/mol. The monoisotopic (exact) mass is 294 g/mol. The van der Waals surface area contributed by atoms with E-state index in [0.29, 0.717) is 6.42 Å². The summed E-state index contributed by atoms with van der Waals surface area (Å²) < 4.78 is 6.26. The molecule has 0 spiro atoms. The fourth-order valence-corrected chi connectivity index (χ4v) is 2.70. The number of hydrogen-bond donors (Lipinski definition) is 0. The van der Waals surface area contributed by atoms with Crippen molar-refractivity contribution in [1.29, 1.82) is 0 Å². The van der Waals surface area contributed by atoms with E-state index in [1.807, 2.05) is 18.3 Å². The van der Waals surface area contributed by atoms with Crippen molar-refractivity contribution < 1.29 is 4.43 Å². The predicted octanol–water partition coefficient (Wildman–Crippen LogP) is 4.07. The van der Waals surface area contributed by atoms with Crippen LogP contribution in [0.1, 0.15) is 26.3 Å². The highest BCUT2D eigenvalue weighted by molar-refractivity contribution is 7.78. The van der Waals surface area contributed by atoms with E-state index in [9.17, 15) is 0 Å². The van der Waals surface area contributed by atoms with E-state index in [4.69, 9.17) is 16.6 Å². The van der Waals surface area contributed by atoms with Crippen LogP contribution in [0.5, 0.6) is 0 Å². The molecular formula is C14H22N2OSSi. The Kier molecular flexibility index (Phi) is 5.56. The molecule has 0 bridgehead atoms. The molecule has 0 amide bonds. The normalized spacial score (nSPS) is 13.7. The molecule has 0 aliphatic heterocycles. The van der Waals surface area contributed by atoms with Gasteiger partial charge in [0.05, 0.1) is 5.16 Å². The largest absolute Gasteiger partial charge is 0.395 e. The molecule has 0 radical (unpaired) electrons. The van der Waals surface area contributed by atoms with Crippen LogP contribution in [0, 0.1) is 0 Å². The molecule has 0 aliphatic carbocycles. The molecule has 0 saturated heterocycles. The molecule has 0 fully saturated rings. The van der Waals surface area contributed by atoms with E-state index in [2.05, 4.69) is 49.0 Å². The number of aromatic nitrogens is 1. The summed E-state index contributed by atoms with van der Waals surface area (Å²) in [6.07, 6.45) is 4.02. The van der Waals surface area contributed by atoms with Gasteiger partial charge in [0.1, 0.15) is 0 Å². The smallest absolute Gasteiger partial charge is 0.194 e. The molecule has 1 aromatic heterocycles. The summed E-state index contributed by atoms with van der Waals surface area (Å²) in [6.45, 7) is 11.1. The van der Waals surface area contributed by atoms with Gasteiger partial charge in [-0.1, -0.05) is 26.8 Å². The molecular weight excluding hydrogens is 272 g/mol. The van der Waals surface area contributed by atoms with Gasteiger partial charge in [0.15, 0.2) is 14.5 Å². The van der Waals surface area contributed by atoms with E-state index in [1.165, 1.54) is 0 Å². The second kappa shape index (κ2) is 6.53. The minimum absolute atomic E-state index is 0.150. The topological polar surface area (TPSA) is 34.5 Å². The lowest BCUT2D eigenvalue weighted by molar-refractivity contribution is 0.191. The van der Waals surface area contributed by atoms with Crippen molar-refractivity contribution >= 4 is 25.7 Å². The fraction of sp³-hybridized carbons (Fsp3) is 0.571. The summed E-state index contributed by atoms with van der Waals surface area (Å²) in [5.41, 5.74) is 1.10. The maximum atomic E-state index is 6.26. The van der Waals surface area contributed by atoms with Crippen molar-refractivity contribution in [1.82, 2.24) is 4.98 Å². The summed E-state index contributed by atoms with van der Waals surface area (Å²) in [5, 5.41) is 2.60. The van der Waals surface area contributed by atoms with E-state index in [0.717, 1.165) is 5.56 Å². The first-order valence-corrected chi connectivity index (χ1v) is 9.71. The lowest BCUT2D eigenvalue weighted by Gasteiger charge is -2.38. The SMILES string of the molecule is CC(C)(C)[Si](C)(C)O[C@@H](Cc1cccnc1)N=C=S. The number of rotatable bonds is 5. The standard InChI is InChI=1S/C14H22N2OSSi/c1-14(2,3)19(4,5)17-13(16-11-18)9-12-7-6-8-15-10-12/h6-8,10,13H,9H2,1-5H3/t13-/m0/s1. The van der Waals surface area contributed by atoms with E-state index in [-0.39, 0.29) is 11.3 Å². The summed E-state index contributed by atoms with van der Waals surface area (Å²) in [7, 11) is -1.86. The molecule has 19 heavy (non-hydrogen) atoms. The van der Waals surface area contributed by atoms with E-state index >= 15 is 0 Å². The predicted molar refractivity (Wildman–Crippen MR) is 85.0 cm³/mol. The van der Waals surface area contributed by atoms with Crippen LogP contribution < -0.4 is 0 Å². The Labute approximate surface area is 122 Å². The third kappa shape index (κ3) is 4.95. The molecule has 1 rings (SSSR count). The number of pyridine rings is 1. The fourth-order valence-electron chi connectivity index (χ4n) is 1.41. The Balaban J connectivity index is 2.82. The molecule has 1 atom stereocenters. The molecule has 0 unspecified atom stereocenters. The van der Waals surface area contributed by atoms with Crippen molar-refractivity contribution in [3.05, 3.63) is 30.1 Å². The van der Waals surface area contributed by atoms with Crippen LogP contribution in [0.3, 0.4) is 0 Å². The quantitative estimate of drug-likeness (QED) is 0.466. The molecule has 5 heteroatoms. The first-order chi connectivity index (χ1) is 8.76. The number of thiocarbonyl (C=S) groups is 1. The molecule has 0 saturated carbocycles. The van der Waals surface area contributed by atoms with Gasteiger partial charge in [-0.15, -0.1) is 0 Å². The maximum Gasteiger partial charge on any atom is 0.194 e. The Morgan fingerprint density at radius 1 is 1.47 bits per heavy atom. The number of aliphatic imine (C=N–C) groups is 1. The zero-order chi connectivity index (χ0) is 14.5. The van der Waals surface area contributed by atoms with Gasteiger partial charge < -0.3 is 4.43 Å². The van der Waals surface area contributed by atoms with Gasteiger partial charge in [-0.2, -0.15) is 0 Å². The first kappa shape index (κ1) is 16.2. The van der Waals surface area contributed by atoms with Gasteiger partial charge in [0.25, 0.3) is 0 Å². The summed E-state index contributed by atoms with van der Waals surface area (Å²) in [4.78, 5) is 8.28. The van der Waals surface area contributed by atoms with Crippen LogP contribution >= 0.6 is 12.2 Å². The highest BCUT2D eigenvalue weighted by atomic mass is 32.1. The summed E-state index contributed by atoms with van der Waals surface area (Å²) in [6, 6.07) is 3.94. The molecule has 1 aromatic rings. The number of hydrogen-bond acceptors (Lipinski definition) is 4. The molecule has 104 valence electrons. The zero-order valence-corrected chi connectivity index (χ0v) is 14.1. The first-order valence-electron chi connectivity index (χ1n) is 6.40. The highest BCUT2D eigenvalue weighted by Gasteiger charge is 2.39. The van der Waals surface area contributed by atoms with Crippen LogP contribution in [-0.2, 0) is 10.8 Å². The third-order valence-corrected chi connectivity index (χ3v) is 8.15. The summed E-state index contributed by atoms with van der Waals surface area (Å²) >= 11 is 4.73. The van der Waals surface area contributed by atoms with Crippen LogP contribution in [0.4, 0.5) is 0 Å². The second-order valence-corrected chi connectivity index (χ2v) is 11.1. The van der Waals surface area contributed by atoms with Crippen molar-refractivity contribution in [3.8, 4) is 0 Å². The van der Waals surface area contributed by atoms with E-state index in [1.54, 1.807) is 6.20 Å². The van der Waals surface area contributed by atoms with Gasteiger partial charge in [0.2, 0.25) is 0 Å². The van der Waals surface area contributed by atoms with Crippen LogP contribution in [0.2, 0.25) is 18.1 Å². The Bertz CT molecular complexity index is 450. The van der Waals surface area contributed by atoms with Crippen LogP contribution in [0.25, 0.3) is 0 Å². The van der Waals surface area contributed by atoms with Crippen molar-refractivity contribution in [2.75, 3.05) is 0 Å². The maximum absolute atomic E-state index is 6.26. The number of nitrogens with zero attached hydrogens (tertiary/aromatic N) is 2. The third-order valence-electron chi connectivity index (χ3n) is 3.57. The van der Waals surface area contributed by atoms with Gasteiger partial charge in [0, 0.05) is 18.8 Å². The Hall–Kier alpha value is -0.873. The van der Waals surface area contributed by atoms with Crippen molar-refractivity contribution in [3.63, 3.8) is 0 Å². The lowest BCUT2D eigenvalue weighted by Crippen LogP contribution is -2.44. The van der Waals surface area contributed by atoms with Crippen LogP contribution in [0.15, 0.2) is 29.5 Å². The van der Waals surface area contributed by atoms with Gasteiger partial charge in [-0.05, 0) is 42.0 Å². The average Bonchev–Trinajstić information content (AvgIpc) is 2.28. The van der Waals surface area contributed by atoms with Crippen LogP contribution in [-0.4, -0.2) is 24.7 Å². The van der Waals surface area contributed by atoms with Crippen molar-refractivity contribution in [2.45, 2.75) is 51.6 Å². The highest BCUT2D eigenvalue weighted by Crippen LogP contribution is 2.37. The molecule has 3 nitrogen and oxygen atoms in total. The van der Waals surface area contributed by atoms with Gasteiger partial charge >= 0.3 is 0 Å². The van der Waals surface area contributed by atoms with Gasteiger partial charge in [-0.3, -0.25) is 4.98 Å². The summed E-state index contributed by atoms with van der Waals surface area (Å²) in [5.74, 6) is 0.